The first-order valence-electron chi connectivity index (χ1n) is 12.3. The number of rotatable bonds is 5. The summed E-state index contributed by atoms with van der Waals surface area (Å²) in [5.41, 5.74) is 8.71. The van der Waals surface area contributed by atoms with Crippen LogP contribution in [0.2, 0.25) is 0 Å². The number of nitrogen functional groups attached to an aromatic ring is 1. The van der Waals surface area contributed by atoms with Gasteiger partial charge in [-0.1, -0.05) is 30.3 Å². The van der Waals surface area contributed by atoms with E-state index in [4.69, 9.17) is 10.5 Å². The van der Waals surface area contributed by atoms with Crippen LogP contribution >= 0.6 is 0 Å². The predicted octanol–water partition coefficient (Wildman–Crippen LogP) is 5.20. The van der Waals surface area contributed by atoms with E-state index in [-0.39, 0.29) is 11.8 Å². The van der Waals surface area contributed by atoms with E-state index in [2.05, 4.69) is 10.2 Å². The molecular weight excluding hydrogens is 474 g/mol. The zero-order chi connectivity index (χ0) is 26.1. The minimum atomic E-state index is -3.62. The van der Waals surface area contributed by atoms with Crippen molar-refractivity contribution in [3.05, 3.63) is 65.7 Å². The standard InChI is InChI=1S/C28H35N3O4S/c1-19-9-12-26(24-8-6-5-7-23(19)24)36(33,34)18-20-17-22(10-11-25(20)29)31-15-13-21(14-16-31)30-27(32)35-28(2,3)4/h5-12,17,21H,13-16,18,29H2,1-4H3,(H,30,32). The molecule has 0 saturated carbocycles. The lowest BCUT2D eigenvalue weighted by atomic mass is 10.0. The average Bonchev–Trinajstić information content (AvgIpc) is 2.80. The fourth-order valence-electron chi connectivity index (χ4n) is 4.65. The maximum atomic E-state index is 13.5. The maximum Gasteiger partial charge on any atom is 0.407 e. The molecule has 36 heavy (non-hydrogen) atoms. The van der Waals surface area contributed by atoms with Gasteiger partial charge in [0.05, 0.1) is 10.6 Å². The summed E-state index contributed by atoms with van der Waals surface area (Å²) in [6, 6.07) is 16.7. The van der Waals surface area contributed by atoms with Gasteiger partial charge >= 0.3 is 6.09 Å². The highest BCUT2D eigenvalue weighted by Crippen LogP contribution is 2.31. The van der Waals surface area contributed by atoms with Crippen LogP contribution in [-0.2, 0) is 20.3 Å². The zero-order valence-corrected chi connectivity index (χ0v) is 22.2. The molecule has 1 amide bonds. The first-order valence-corrected chi connectivity index (χ1v) is 13.9. The number of carbonyl (C=O) groups excluding carboxylic acids is 1. The lowest BCUT2D eigenvalue weighted by molar-refractivity contribution is 0.0497. The van der Waals surface area contributed by atoms with Crippen LogP contribution in [0, 0.1) is 6.92 Å². The molecule has 0 aliphatic carbocycles. The fourth-order valence-corrected chi connectivity index (χ4v) is 6.25. The highest BCUT2D eigenvalue weighted by molar-refractivity contribution is 7.90. The first-order chi connectivity index (χ1) is 16.9. The zero-order valence-electron chi connectivity index (χ0n) is 21.4. The third-order valence-corrected chi connectivity index (χ3v) is 8.21. The lowest BCUT2D eigenvalue weighted by Gasteiger charge is -2.34. The number of hydrogen-bond acceptors (Lipinski definition) is 6. The minimum Gasteiger partial charge on any atom is -0.444 e. The summed E-state index contributed by atoms with van der Waals surface area (Å²) in [5, 5.41) is 4.61. The molecule has 0 atom stereocenters. The molecule has 0 radical (unpaired) electrons. The molecule has 0 bridgehead atoms. The van der Waals surface area contributed by atoms with Gasteiger partial charge in [-0.25, -0.2) is 13.2 Å². The Morgan fingerprint density at radius 1 is 1.06 bits per heavy atom. The van der Waals surface area contributed by atoms with Gasteiger partial charge in [-0.2, -0.15) is 0 Å². The molecule has 3 N–H and O–H groups in total. The number of hydrogen-bond donors (Lipinski definition) is 2. The molecule has 1 saturated heterocycles. The molecule has 4 rings (SSSR count). The number of anilines is 2. The number of piperidine rings is 1. The molecule has 0 aromatic heterocycles. The average molecular weight is 510 g/mol. The summed E-state index contributed by atoms with van der Waals surface area (Å²) in [4.78, 5) is 14.6. The van der Waals surface area contributed by atoms with E-state index in [9.17, 15) is 13.2 Å². The van der Waals surface area contributed by atoms with Crippen LogP contribution in [0.25, 0.3) is 10.8 Å². The largest absolute Gasteiger partial charge is 0.444 e. The quantitative estimate of drug-likeness (QED) is 0.459. The molecule has 3 aromatic carbocycles. The number of carbonyl (C=O) groups is 1. The number of nitrogens with zero attached hydrogens (tertiary/aromatic N) is 1. The van der Waals surface area contributed by atoms with Crippen molar-refractivity contribution in [3.63, 3.8) is 0 Å². The highest BCUT2D eigenvalue weighted by atomic mass is 32.2. The molecule has 0 spiro atoms. The maximum absolute atomic E-state index is 13.5. The summed E-state index contributed by atoms with van der Waals surface area (Å²) in [6.45, 7) is 8.98. The van der Waals surface area contributed by atoms with Gasteiger partial charge in [-0.3, -0.25) is 0 Å². The van der Waals surface area contributed by atoms with E-state index < -0.39 is 21.5 Å². The van der Waals surface area contributed by atoms with Gasteiger partial charge in [0.1, 0.15) is 5.60 Å². The van der Waals surface area contributed by atoms with E-state index in [0.717, 1.165) is 48.0 Å². The van der Waals surface area contributed by atoms with Crippen molar-refractivity contribution in [1.29, 1.82) is 0 Å². The number of alkyl carbamates (subject to hydrolysis) is 1. The molecule has 192 valence electrons. The molecule has 3 aromatic rings. The monoisotopic (exact) mass is 509 g/mol. The van der Waals surface area contributed by atoms with E-state index in [1.807, 2.05) is 70.2 Å². The normalized spacial score (nSPS) is 15.2. The predicted molar refractivity (Wildman–Crippen MR) is 145 cm³/mol. The molecule has 1 aliphatic heterocycles. The summed E-state index contributed by atoms with van der Waals surface area (Å²) >= 11 is 0. The van der Waals surface area contributed by atoms with Crippen LogP contribution < -0.4 is 16.0 Å². The number of amides is 1. The first kappa shape index (κ1) is 25.8. The van der Waals surface area contributed by atoms with Crippen molar-refractivity contribution < 1.29 is 17.9 Å². The summed E-state index contributed by atoms with van der Waals surface area (Å²) in [5.74, 6) is -0.170. The van der Waals surface area contributed by atoms with Gasteiger partial charge in [-0.15, -0.1) is 0 Å². The molecule has 1 fully saturated rings. The fraction of sp³-hybridized carbons (Fsp3) is 0.393. The van der Waals surface area contributed by atoms with E-state index in [1.54, 1.807) is 12.1 Å². The minimum absolute atomic E-state index is 0.0412. The number of nitrogens with one attached hydrogen (secondary N) is 1. The molecular formula is C28H35N3O4S. The Kier molecular flexibility index (Phi) is 7.18. The number of ether oxygens (including phenoxy) is 1. The third-order valence-electron chi connectivity index (χ3n) is 6.49. The van der Waals surface area contributed by atoms with Crippen molar-refractivity contribution in [2.24, 2.45) is 0 Å². The van der Waals surface area contributed by atoms with Gasteiger partial charge in [0.15, 0.2) is 9.84 Å². The highest BCUT2D eigenvalue weighted by Gasteiger charge is 2.25. The van der Waals surface area contributed by atoms with Crippen molar-refractivity contribution in [3.8, 4) is 0 Å². The number of aryl methyl sites for hydroxylation is 1. The van der Waals surface area contributed by atoms with Gasteiger partial charge in [0.2, 0.25) is 0 Å². The summed E-state index contributed by atoms with van der Waals surface area (Å²) in [7, 11) is -3.62. The Morgan fingerprint density at radius 3 is 2.39 bits per heavy atom. The summed E-state index contributed by atoms with van der Waals surface area (Å²) in [6.07, 6.45) is 1.14. The van der Waals surface area contributed by atoms with Crippen LogP contribution in [0.5, 0.6) is 0 Å². The van der Waals surface area contributed by atoms with E-state index >= 15 is 0 Å². The lowest BCUT2D eigenvalue weighted by Crippen LogP contribution is -2.46. The molecule has 0 unspecified atom stereocenters. The Balaban J connectivity index is 1.48. The SMILES string of the molecule is Cc1ccc(S(=O)(=O)Cc2cc(N3CCC(NC(=O)OC(C)(C)C)CC3)ccc2N)c2ccccc12. The van der Waals surface area contributed by atoms with Gasteiger partial charge in [0, 0.05) is 35.9 Å². The second-order valence-electron chi connectivity index (χ2n) is 10.5. The molecule has 8 heteroatoms. The van der Waals surface area contributed by atoms with Crippen LogP contribution in [0.1, 0.15) is 44.7 Å². The second-order valence-corrected chi connectivity index (χ2v) is 12.4. The number of sulfone groups is 1. The second kappa shape index (κ2) is 10.0. The van der Waals surface area contributed by atoms with Crippen molar-refractivity contribution in [2.75, 3.05) is 23.7 Å². The molecule has 1 aliphatic rings. The topological polar surface area (TPSA) is 102 Å². The van der Waals surface area contributed by atoms with Crippen molar-refractivity contribution in [1.82, 2.24) is 5.32 Å². The number of fused-ring (bicyclic) bond motifs is 1. The Bertz CT molecular complexity index is 1370. The van der Waals surface area contributed by atoms with Crippen LogP contribution in [0.4, 0.5) is 16.2 Å². The van der Waals surface area contributed by atoms with Crippen LogP contribution in [-0.4, -0.2) is 39.2 Å². The Morgan fingerprint density at radius 2 is 1.72 bits per heavy atom. The Labute approximate surface area is 213 Å². The van der Waals surface area contributed by atoms with Crippen molar-refractivity contribution >= 4 is 38.1 Å². The number of nitrogens with two attached hydrogens (primary N) is 1. The van der Waals surface area contributed by atoms with Gasteiger partial charge in [-0.05, 0) is 81.3 Å². The van der Waals surface area contributed by atoms with E-state index in [1.165, 1.54) is 0 Å². The Hall–Kier alpha value is -3.26. The van der Waals surface area contributed by atoms with Crippen LogP contribution in [0.3, 0.4) is 0 Å². The van der Waals surface area contributed by atoms with Crippen LogP contribution in [0.15, 0.2) is 59.5 Å². The van der Waals surface area contributed by atoms with E-state index in [0.29, 0.717) is 16.1 Å². The van der Waals surface area contributed by atoms with Gasteiger partial charge in [0.25, 0.3) is 0 Å². The van der Waals surface area contributed by atoms with Crippen molar-refractivity contribution in [2.45, 2.75) is 62.8 Å². The number of benzene rings is 3. The molecule has 7 nitrogen and oxygen atoms in total. The third kappa shape index (κ3) is 5.93. The summed E-state index contributed by atoms with van der Waals surface area (Å²) < 4.78 is 32.3. The van der Waals surface area contributed by atoms with Gasteiger partial charge < -0.3 is 20.7 Å². The molecule has 1 heterocycles. The smallest absolute Gasteiger partial charge is 0.407 e.